The fraction of sp³-hybridized carbons (Fsp3) is 0.409. The average Bonchev–Trinajstić information content (AvgIpc) is 3.27. The maximum Gasteiger partial charge on any atom is 0.341 e. The predicted molar refractivity (Wildman–Crippen MR) is 123 cm³/mol. The van der Waals surface area contributed by atoms with Crippen molar-refractivity contribution < 1.29 is 19.1 Å². The van der Waals surface area contributed by atoms with Crippen molar-refractivity contribution in [2.45, 2.75) is 40.0 Å². The number of aryl methyl sites for hydroxylation is 1. The van der Waals surface area contributed by atoms with Gasteiger partial charge in [0.15, 0.2) is 5.11 Å². The molecular formula is C22H26N2O4S2. The molecule has 1 heterocycles. The van der Waals surface area contributed by atoms with E-state index in [1.54, 1.807) is 25.1 Å². The number of benzene rings is 1. The molecule has 1 aromatic carbocycles. The molecule has 1 aliphatic rings. The summed E-state index contributed by atoms with van der Waals surface area (Å²) in [5.74, 6) is 0.322. The van der Waals surface area contributed by atoms with Crippen LogP contribution in [0, 0.1) is 5.92 Å². The molecule has 0 saturated carbocycles. The number of anilines is 1. The Labute approximate surface area is 186 Å². The van der Waals surface area contributed by atoms with Crippen LogP contribution in [0.4, 0.5) is 5.00 Å². The Morgan fingerprint density at radius 2 is 2.07 bits per heavy atom. The third-order valence-corrected chi connectivity index (χ3v) is 5.95. The van der Waals surface area contributed by atoms with Gasteiger partial charge in [0, 0.05) is 10.4 Å². The highest BCUT2D eigenvalue weighted by Gasteiger charge is 2.28. The summed E-state index contributed by atoms with van der Waals surface area (Å²) in [6.07, 6.45) is 2.82. The molecule has 1 aliphatic carbocycles. The van der Waals surface area contributed by atoms with Crippen LogP contribution in [0.3, 0.4) is 0 Å². The number of fused-ring (bicyclic) bond motifs is 1. The SMILES string of the molecule is CCOC(=O)c1c(NC(=S)NC(=O)c2cccc(OCC(C)C)c2)sc2c1CCC2. The van der Waals surface area contributed by atoms with Gasteiger partial charge in [-0.1, -0.05) is 19.9 Å². The van der Waals surface area contributed by atoms with Crippen LogP contribution >= 0.6 is 23.6 Å². The molecule has 1 aromatic heterocycles. The topological polar surface area (TPSA) is 76.7 Å². The minimum absolute atomic E-state index is 0.138. The molecule has 0 saturated heterocycles. The molecule has 0 radical (unpaired) electrons. The lowest BCUT2D eigenvalue weighted by atomic mass is 10.1. The number of amides is 1. The summed E-state index contributed by atoms with van der Waals surface area (Å²) in [5, 5.41) is 6.46. The second-order valence-corrected chi connectivity index (χ2v) is 8.94. The molecule has 6 nitrogen and oxygen atoms in total. The number of carbonyl (C=O) groups excluding carboxylic acids is 2. The van der Waals surface area contributed by atoms with E-state index in [2.05, 4.69) is 24.5 Å². The largest absolute Gasteiger partial charge is 0.493 e. The monoisotopic (exact) mass is 446 g/mol. The van der Waals surface area contributed by atoms with Gasteiger partial charge in [-0.2, -0.15) is 0 Å². The fourth-order valence-electron chi connectivity index (χ4n) is 3.21. The summed E-state index contributed by atoms with van der Waals surface area (Å²) >= 11 is 6.82. The first-order valence-electron chi connectivity index (χ1n) is 10.1. The quantitative estimate of drug-likeness (QED) is 0.479. The standard InChI is InChI=1S/C22H26N2O4S2/c1-4-27-21(26)18-16-9-6-10-17(16)30-20(18)24-22(29)23-19(25)14-7-5-8-15(11-14)28-12-13(2)3/h5,7-8,11,13H,4,6,9-10,12H2,1-3H3,(H2,23,24,25,29). The van der Waals surface area contributed by atoms with Crippen molar-refractivity contribution in [1.82, 2.24) is 5.32 Å². The van der Waals surface area contributed by atoms with E-state index in [-0.39, 0.29) is 17.0 Å². The van der Waals surface area contributed by atoms with E-state index in [4.69, 9.17) is 21.7 Å². The third-order valence-electron chi connectivity index (χ3n) is 4.53. The maximum atomic E-state index is 12.6. The highest BCUT2D eigenvalue weighted by Crippen LogP contribution is 2.39. The molecule has 0 aliphatic heterocycles. The summed E-state index contributed by atoms with van der Waals surface area (Å²) in [7, 11) is 0. The number of ether oxygens (including phenoxy) is 2. The Kier molecular flexibility index (Phi) is 7.44. The van der Waals surface area contributed by atoms with Crippen molar-refractivity contribution in [3.05, 3.63) is 45.8 Å². The molecule has 2 aromatic rings. The Morgan fingerprint density at radius 1 is 1.27 bits per heavy atom. The molecule has 160 valence electrons. The van der Waals surface area contributed by atoms with Gasteiger partial charge in [-0.05, 0) is 68.1 Å². The zero-order valence-corrected chi connectivity index (χ0v) is 19.0. The zero-order valence-electron chi connectivity index (χ0n) is 17.4. The maximum absolute atomic E-state index is 12.6. The number of rotatable bonds is 7. The predicted octanol–water partition coefficient (Wildman–Crippen LogP) is 4.58. The number of nitrogens with one attached hydrogen (secondary N) is 2. The van der Waals surface area contributed by atoms with Crippen LogP contribution < -0.4 is 15.4 Å². The minimum Gasteiger partial charge on any atom is -0.493 e. The first-order chi connectivity index (χ1) is 14.4. The van der Waals surface area contributed by atoms with E-state index in [1.165, 1.54) is 16.2 Å². The van der Waals surface area contributed by atoms with Crippen LogP contribution in [-0.2, 0) is 17.6 Å². The van der Waals surface area contributed by atoms with Gasteiger partial charge >= 0.3 is 5.97 Å². The van der Waals surface area contributed by atoms with Gasteiger partial charge in [-0.15, -0.1) is 11.3 Å². The molecule has 8 heteroatoms. The Bertz CT molecular complexity index is 953. The molecular weight excluding hydrogens is 420 g/mol. The number of carbonyl (C=O) groups is 2. The molecule has 0 fully saturated rings. The lowest BCUT2D eigenvalue weighted by Crippen LogP contribution is -2.34. The second kappa shape index (κ2) is 10.0. The molecule has 1 amide bonds. The highest BCUT2D eigenvalue weighted by molar-refractivity contribution is 7.80. The molecule has 2 N–H and O–H groups in total. The summed E-state index contributed by atoms with van der Waals surface area (Å²) in [6, 6.07) is 6.96. The van der Waals surface area contributed by atoms with Gasteiger partial charge in [-0.3, -0.25) is 10.1 Å². The summed E-state index contributed by atoms with van der Waals surface area (Å²) in [4.78, 5) is 26.2. The normalized spacial score (nSPS) is 12.4. The number of hydrogen-bond donors (Lipinski definition) is 2. The molecule has 0 bridgehead atoms. The van der Waals surface area contributed by atoms with E-state index in [1.807, 2.05) is 6.07 Å². The summed E-state index contributed by atoms with van der Waals surface area (Å²) in [5.41, 5.74) is 2.01. The lowest BCUT2D eigenvalue weighted by Gasteiger charge is -2.12. The Morgan fingerprint density at radius 3 is 2.80 bits per heavy atom. The number of esters is 1. The van der Waals surface area contributed by atoms with E-state index < -0.39 is 0 Å². The van der Waals surface area contributed by atoms with Gasteiger partial charge in [-0.25, -0.2) is 4.79 Å². The van der Waals surface area contributed by atoms with Crippen molar-refractivity contribution in [1.29, 1.82) is 0 Å². The Hall–Kier alpha value is -2.45. The van der Waals surface area contributed by atoms with Crippen molar-refractivity contribution in [2.75, 3.05) is 18.5 Å². The van der Waals surface area contributed by atoms with Crippen LogP contribution in [0.15, 0.2) is 24.3 Å². The first-order valence-corrected chi connectivity index (χ1v) is 11.3. The van der Waals surface area contributed by atoms with Gasteiger partial charge in [0.1, 0.15) is 10.8 Å². The fourth-order valence-corrected chi connectivity index (χ4v) is 4.75. The minimum atomic E-state index is -0.358. The molecule has 0 spiro atoms. The second-order valence-electron chi connectivity index (χ2n) is 7.42. The Balaban J connectivity index is 1.68. The van der Waals surface area contributed by atoms with Crippen LogP contribution in [-0.4, -0.2) is 30.2 Å². The highest BCUT2D eigenvalue weighted by atomic mass is 32.1. The van der Waals surface area contributed by atoms with Gasteiger partial charge < -0.3 is 14.8 Å². The van der Waals surface area contributed by atoms with Gasteiger partial charge in [0.05, 0.1) is 18.8 Å². The van der Waals surface area contributed by atoms with E-state index in [9.17, 15) is 9.59 Å². The lowest BCUT2D eigenvalue weighted by molar-refractivity contribution is 0.0527. The summed E-state index contributed by atoms with van der Waals surface area (Å²) in [6.45, 7) is 6.78. The van der Waals surface area contributed by atoms with Gasteiger partial charge in [0.25, 0.3) is 5.91 Å². The number of thiocarbonyl (C=S) groups is 1. The van der Waals surface area contributed by atoms with E-state index in [0.29, 0.717) is 41.0 Å². The molecule has 30 heavy (non-hydrogen) atoms. The van der Waals surface area contributed by atoms with E-state index >= 15 is 0 Å². The smallest absolute Gasteiger partial charge is 0.341 e. The molecule has 0 atom stereocenters. The van der Waals surface area contributed by atoms with Crippen LogP contribution in [0.1, 0.15) is 58.3 Å². The first kappa shape index (κ1) is 22.2. The summed E-state index contributed by atoms with van der Waals surface area (Å²) < 4.78 is 10.9. The number of hydrogen-bond acceptors (Lipinski definition) is 6. The molecule has 0 unspecified atom stereocenters. The van der Waals surface area contributed by atoms with Crippen molar-refractivity contribution in [2.24, 2.45) is 5.92 Å². The third kappa shape index (κ3) is 5.37. The van der Waals surface area contributed by atoms with Crippen molar-refractivity contribution in [3.63, 3.8) is 0 Å². The van der Waals surface area contributed by atoms with E-state index in [0.717, 1.165) is 24.8 Å². The van der Waals surface area contributed by atoms with Crippen LogP contribution in [0.25, 0.3) is 0 Å². The molecule has 3 rings (SSSR count). The van der Waals surface area contributed by atoms with Crippen molar-refractivity contribution >= 4 is 45.5 Å². The van der Waals surface area contributed by atoms with Crippen LogP contribution in [0.2, 0.25) is 0 Å². The average molecular weight is 447 g/mol. The van der Waals surface area contributed by atoms with Crippen LogP contribution in [0.5, 0.6) is 5.75 Å². The van der Waals surface area contributed by atoms with Gasteiger partial charge in [0.2, 0.25) is 0 Å². The number of thiophene rings is 1. The van der Waals surface area contributed by atoms with Crippen molar-refractivity contribution in [3.8, 4) is 5.75 Å². The zero-order chi connectivity index (χ0) is 21.7.